The van der Waals surface area contributed by atoms with Crippen LogP contribution in [-0.2, 0) is 11.3 Å². The topological polar surface area (TPSA) is 20.3 Å². The second-order valence-electron chi connectivity index (χ2n) is 4.56. The lowest BCUT2D eigenvalue weighted by Gasteiger charge is -2.18. The number of benzene rings is 2. The van der Waals surface area contributed by atoms with E-state index < -0.39 is 0 Å². The van der Waals surface area contributed by atoms with Crippen molar-refractivity contribution in [1.29, 1.82) is 0 Å². The third kappa shape index (κ3) is 4.58. The van der Waals surface area contributed by atoms with E-state index in [9.17, 15) is 9.18 Å². The summed E-state index contributed by atoms with van der Waals surface area (Å²) in [7, 11) is 1.75. The first-order valence-electron chi connectivity index (χ1n) is 6.42. The maximum absolute atomic E-state index is 13.5. The highest BCUT2D eigenvalue weighted by Gasteiger charge is 2.12. The molecule has 110 valence electrons. The average molecular weight is 368 g/mol. The molecule has 0 fully saturated rings. The number of hydrogen-bond donors (Lipinski definition) is 0. The molecule has 0 bridgehead atoms. The van der Waals surface area contributed by atoms with E-state index in [0.717, 1.165) is 10.0 Å². The van der Waals surface area contributed by atoms with Gasteiger partial charge in [-0.2, -0.15) is 0 Å². The largest absolute Gasteiger partial charge is 0.341 e. The maximum atomic E-state index is 13.5. The molecule has 0 heterocycles. The molecule has 0 aromatic heterocycles. The Bertz CT molecular complexity index is 635. The zero-order valence-corrected chi connectivity index (χ0v) is 14.0. The van der Waals surface area contributed by atoms with Crippen LogP contribution in [-0.4, -0.2) is 23.6 Å². The van der Waals surface area contributed by atoms with Gasteiger partial charge in [0.1, 0.15) is 5.82 Å². The predicted molar refractivity (Wildman–Crippen MR) is 87.7 cm³/mol. The molecule has 0 unspecified atom stereocenters. The Hall–Kier alpha value is -1.33. The van der Waals surface area contributed by atoms with Gasteiger partial charge in [0.05, 0.1) is 5.75 Å². The molecule has 1 amide bonds. The van der Waals surface area contributed by atoms with Gasteiger partial charge >= 0.3 is 0 Å². The van der Waals surface area contributed by atoms with Gasteiger partial charge in [-0.05, 0) is 23.8 Å². The van der Waals surface area contributed by atoms with E-state index in [1.807, 2.05) is 24.3 Å². The molecule has 0 radical (unpaired) electrons. The summed E-state index contributed by atoms with van der Waals surface area (Å²) in [5, 5.41) is 0. The van der Waals surface area contributed by atoms with Crippen LogP contribution in [0, 0.1) is 5.82 Å². The van der Waals surface area contributed by atoms with Gasteiger partial charge in [0.15, 0.2) is 0 Å². The van der Waals surface area contributed by atoms with Crippen LogP contribution in [0.2, 0.25) is 0 Å². The standard InChI is InChI=1S/C16H15BrFNOS/c1-19(10-12-6-2-3-7-13(12)17)16(20)11-21-15-9-5-4-8-14(15)18/h2-9H,10-11H2,1H3. The molecule has 0 N–H and O–H groups in total. The van der Waals surface area contributed by atoms with Crippen LogP contribution in [0.25, 0.3) is 0 Å². The van der Waals surface area contributed by atoms with E-state index >= 15 is 0 Å². The summed E-state index contributed by atoms with van der Waals surface area (Å²) < 4.78 is 14.5. The molecule has 0 saturated heterocycles. The van der Waals surface area contributed by atoms with Gasteiger partial charge in [-0.1, -0.05) is 46.3 Å². The first-order chi connectivity index (χ1) is 10.1. The minimum absolute atomic E-state index is 0.0287. The zero-order valence-electron chi connectivity index (χ0n) is 11.6. The molecule has 2 nitrogen and oxygen atoms in total. The lowest BCUT2D eigenvalue weighted by molar-refractivity contribution is -0.127. The van der Waals surface area contributed by atoms with Gasteiger partial charge in [0.2, 0.25) is 5.91 Å². The van der Waals surface area contributed by atoms with Crippen molar-refractivity contribution < 1.29 is 9.18 Å². The Labute approximate surface area is 136 Å². The summed E-state index contributed by atoms with van der Waals surface area (Å²) in [6.07, 6.45) is 0. The van der Waals surface area contributed by atoms with Gasteiger partial charge in [-0.15, -0.1) is 11.8 Å². The summed E-state index contributed by atoms with van der Waals surface area (Å²) in [5.74, 6) is -0.0928. The van der Waals surface area contributed by atoms with E-state index in [2.05, 4.69) is 15.9 Å². The fourth-order valence-electron chi connectivity index (χ4n) is 1.78. The van der Waals surface area contributed by atoms with Crippen molar-refractivity contribution in [2.75, 3.05) is 12.8 Å². The second kappa shape index (κ2) is 7.61. The molecule has 0 atom stereocenters. The number of thioether (sulfide) groups is 1. The predicted octanol–water partition coefficient (Wildman–Crippen LogP) is 4.34. The Morgan fingerprint density at radius 3 is 2.57 bits per heavy atom. The first kappa shape index (κ1) is 16.0. The fraction of sp³-hybridized carbons (Fsp3) is 0.188. The van der Waals surface area contributed by atoms with Crippen LogP contribution in [0.3, 0.4) is 0 Å². The highest BCUT2D eigenvalue weighted by molar-refractivity contribution is 9.10. The Kier molecular flexibility index (Phi) is 5.82. The number of carbonyl (C=O) groups excluding carboxylic acids is 1. The maximum Gasteiger partial charge on any atom is 0.232 e. The zero-order chi connectivity index (χ0) is 15.2. The smallest absolute Gasteiger partial charge is 0.232 e. The molecule has 2 rings (SSSR count). The van der Waals surface area contributed by atoms with Crippen molar-refractivity contribution in [3.05, 3.63) is 64.4 Å². The minimum atomic E-state index is -0.288. The van der Waals surface area contributed by atoms with Gasteiger partial charge in [-0.3, -0.25) is 4.79 Å². The Morgan fingerprint density at radius 1 is 1.19 bits per heavy atom. The van der Waals surface area contributed by atoms with E-state index in [-0.39, 0.29) is 17.5 Å². The van der Waals surface area contributed by atoms with Crippen LogP contribution < -0.4 is 0 Å². The summed E-state index contributed by atoms with van der Waals surface area (Å²) >= 11 is 4.69. The summed E-state index contributed by atoms with van der Waals surface area (Å²) in [4.78, 5) is 14.3. The molecule has 2 aromatic rings. The van der Waals surface area contributed by atoms with Gasteiger partial charge in [0.25, 0.3) is 0 Å². The lowest BCUT2D eigenvalue weighted by Crippen LogP contribution is -2.27. The first-order valence-corrected chi connectivity index (χ1v) is 8.20. The van der Waals surface area contributed by atoms with Crippen LogP contribution >= 0.6 is 27.7 Å². The molecule has 2 aromatic carbocycles. The van der Waals surface area contributed by atoms with Crippen LogP contribution in [0.1, 0.15) is 5.56 Å². The molecular weight excluding hydrogens is 353 g/mol. The SMILES string of the molecule is CN(Cc1ccccc1Br)C(=O)CSc1ccccc1F. The molecule has 0 spiro atoms. The highest BCUT2D eigenvalue weighted by atomic mass is 79.9. The fourth-order valence-corrected chi connectivity index (χ4v) is 3.07. The van der Waals surface area contributed by atoms with Crippen molar-refractivity contribution in [2.24, 2.45) is 0 Å². The lowest BCUT2D eigenvalue weighted by atomic mass is 10.2. The van der Waals surface area contributed by atoms with Gasteiger partial charge < -0.3 is 4.90 Å². The third-order valence-corrected chi connectivity index (χ3v) is 4.79. The number of nitrogens with zero attached hydrogens (tertiary/aromatic N) is 1. The van der Waals surface area contributed by atoms with Crippen LogP contribution in [0.4, 0.5) is 4.39 Å². The number of hydrogen-bond acceptors (Lipinski definition) is 2. The van der Waals surface area contributed by atoms with Crippen LogP contribution in [0.15, 0.2) is 57.9 Å². The van der Waals surface area contributed by atoms with E-state index in [1.165, 1.54) is 17.8 Å². The van der Waals surface area contributed by atoms with Crippen molar-refractivity contribution in [1.82, 2.24) is 4.90 Å². The molecule has 0 aliphatic carbocycles. The molecule has 5 heteroatoms. The molecule has 0 saturated carbocycles. The monoisotopic (exact) mass is 367 g/mol. The van der Waals surface area contributed by atoms with E-state index in [0.29, 0.717) is 11.4 Å². The highest BCUT2D eigenvalue weighted by Crippen LogP contribution is 2.22. The molecule has 0 aliphatic heterocycles. The molecular formula is C16H15BrFNOS. The average Bonchev–Trinajstić information content (AvgIpc) is 2.48. The van der Waals surface area contributed by atoms with E-state index in [4.69, 9.17) is 0 Å². The van der Waals surface area contributed by atoms with Gasteiger partial charge in [-0.25, -0.2) is 4.39 Å². The number of rotatable bonds is 5. The summed E-state index contributed by atoms with van der Waals surface area (Å²) in [6, 6.07) is 14.3. The molecule has 0 aliphatic rings. The number of amides is 1. The quantitative estimate of drug-likeness (QED) is 0.732. The molecule has 21 heavy (non-hydrogen) atoms. The normalized spacial score (nSPS) is 10.4. The van der Waals surface area contributed by atoms with Crippen molar-refractivity contribution in [2.45, 2.75) is 11.4 Å². The van der Waals surface area contributed by atoms with Gasteiger partial charge in [0, 0.05) is 23.0 Å². The second-order valence-corrected chi connectivity index (χ2v) is 6.43. The van der Waals surface area contributed by atoms with Crippen molar-refractivity contribution >= 4 is 33.6 Å². The number of carbonyl (C=O) groups is 1. The number of halogens is 2. The van der Waals surface area contributed by atoms with Crippen LogP contribution in [0.5, 0.6) is 0 Å². The Balaban J connectivity index is 1.91. The summed E-state index contributed by atoms with van der Waals surface area (Å²) in [6.45, 7) is 0.526. The van der Waals surface area contributed by atoms with E-state index in [1.54, 1.807) is 30.1 Å². The van der Waals surface area contributed by atoms with Crippen molar-refractivity contribution in [3.8, 4) is 0 Å². The summed E-state index contributed by atoms with van der Waals surface area (Å²) in [5.41, 5.74) is 1.05. The Morgan fingerprint density at radius 2 is 1.86 bits per heavy atom. The third-order valence-electron chi connectivity index (χ3n) is 2.98. The van der Waals surface area contributed by atoms with Crippen molar-refractivity contribution in [3.63, 3.8) is 0 Å². The minimum Gasteiger partial charge on any atom is -0.341 e.